The van der Waals surface area contributed by atoms with Crippen LogP contribution < -0.4 is 22.1 Å². The molecule has 0 aromatic rings. The van der Waals surface area contributed by atoms with Crippen molar-refractivity contribution in [3.8, 4) is 0 Å². The van der Waals surface area contributed by atoms with Gasteiger partial charge in [-0.3, -0.25) is 19.2 Å². The number of nitrogens with one attached hydrogen (secondary N) is 2. The van der Waals surface area contributed by atoms with Crippen molar-refractivity contribution in [3.05, 3.63) is 0 Å². The van der Waals surface area contributed by atoms with Crippen LogP contribution in [0.3, 0.4) is 0 Å². The van der Waals surface area contributed by atoms with Crippen LogP contribution in [0.1, 0.15) is 52.9 Å². The SMILES string of the molecule is CC(C)CC(NC(=O)C(N)C(C)O)C(=O)NC(CCC(N)=O)C(=O)N1CCCC1C(=O)O. The number of carboxylic acid groups (broad SMARTS) is 1. The molecule has 0 aliphatic carbocycles. The molecule has 1 saturated heterocycles. The molecule has 5 unspecified atom stereocenters. The molecule has 32 heavy (non-hydrogen) atoms. The maximum absolute atomic E-state index is 13.0. The van der Waals surface area contributed by atoms with Gasteiger partial charge in [0.05, 0.1) is 6.10 Å². The molecule has 0 aromatic heterocycles. The number of aliphatic hydroxyl groups is 1. The van der Waals surface area contributed by atoms with Gasteiger partial charge in [0.25, 0.3) is 0 Å². The number of carboxylic acids is 1. The van der Waals surface area contributed by atoms with Gasteiger partial charge in [-0.25, -0.2) is 4.79 Å². The number of carbonyl (C=O) groups excluding carboxylic acids is 4. The normalized spacial score (nSPS) is 19.7. The molecule has 0 spiro atoms. The molecule has 12 heteroatoms. The van der Waals surface area contributed by atoms with Crippen LogP contribution in [0.5, 0.6) is 0 Å². The van der Waals surface area contributed by atoms with E-state index in [2.05, 4.69) is 10.6 Å². The van der Waals surface area contributed by atoms with Gasteiger partial charge >= 0.3 is 5.97 Å². The number of primary amides is 1. The molecule has 0 aromatic carbocycles. The lowest BCUT2D eigenvalue weighted by molar-refractivity contribution is -0.149. The second kappa shape index (κ2) is 12.3. The molecule has 1 aliphatic rings. The Balaban J connectivity index is 3.03. The average molecular weight is 458 g/mol. The zero-order chi connectivity index (χ0) is 24.6. The van der Waals surface area contributed by atoms with E-state index in [0.29, 0.717) is 12.8 Å². The number of rotatable bonds is 12. The Hall–Kier alpha value is -2.73. The Morgan fingerprint density at radius 2 is 1.66 bits per heavy atom. The first kappa shape index (κ1) is 27.3. The van der Waals surface area contributed by atoms with E-state index in [1.807, 2.05) is 13.8 Å². The first-order valence-electron chi connectivity index (χ1n) is 10.7. The van der Waals surface area contributed by atoms with Crippen molar-refractivity contribution in [1.82, 2.24) is 15.5 Å². The Morgan fingerprint density at radius 3 is 2.16 bits per heavy atom. The monoisotopic (exact) mass is 457 g/mol. The average Bonchev–Trinajstić information content (AvgIpc) is 3.18. The van der Waals surface area contributed by atoms with Gasteiger partial charge in [0, 0.05) is 13.0 Å². The smallest absolute Gasteiger partial charge is 0.326 e. The number of nitrogens with two attached hydrogens (primary N) is 2. The van der Waals surface area contributed by atoms with E-state index >= 15 is 0 Å². The number of hydrogen-bond acceptors (Lipinski definition) is 7. The first-order chi connectivity index (χ1) is 14.8. The lowest BCUT2D eigenvalue weighted by Gasteiger charge is -2.29. The van der Waals surface area contributed by atoms with Crippen LogP contribution in [-0.4, -0.2) is 81.5 Å². The second-order valence-corrected chi connectivity index (χ2v) is 8.55. The van der Waals surface area contributed by atoms with Gasteiger partial charge < -0.3 is 37.2 Å². The molecule has 8 N–H and O–H groups in total. The molecule has 12 nitrogen and oxygen atoms in total. The summed E-state index contributed by atoms with van der Waals surface area (Å²) in [7, 11) is 0. The summed E-state index contributed by atoms with van der Waals surface area (Å²) in [5, 5.41) is 23.9. The number of amides is 4. The summed E-state index contributed by atoms with van der Waals surface area (Å²) >= 11 is 0. The van der Waals surface area contributed by atoms with Gasteiger partial charge in [-0.15, -0.1) is 0 Å². The minimum absolute atomic E-state index is 0.0106. The lowest BCUT2D eigenvalue weighted by Crippen LogP contribution is -2.58. The highest BCUT2D eigenvalue weighted by atomic mass is 16.4. The Labute approximate surface area is 187 Å². The van der Waals surface area contributed by atoms with E-state index < -0.39 is 59.9 Å². The maximum Gasteiger partial charge on any atom is 0.326 e. The third-order valence-electron chi connectivity index (χ3n) is 5.28. The first-order valence-corrected chi connectivity index (χ1v) is 10.7. The Bertz CT molecular complexity index is 712. The minimum Gasteiger partial charge on any atom is -0.480 e. The predicted octanol–water partition coefficient (Wildman–Crippen LogP) is -1.95. The van der Waals surface area contributed by atoms with Crippen LogP contribution in [0.2, 0.25) is 0 Å². The summed E-state index contributed by atoms with van der Waals surface area (Å²) in [6.07, 6.45) is -0.425. The Morgan fingerprint density at radius 1 is 1.06 bits per heavy atom. The van der Waals surface area contributed by atoms with Crippen molar-refractivity contribution in [3.63, 3.8) is 0 Å². The summed E-state index contributed by atoms with van der Waals surface area (Å²) in [5.74, 6) is -3.87. The molecule has 1 fully saturated rings. The number of likely N-dealkylation sites (tertiary alicyclic amines) is 1. The standard InChI is InChI=1S/C20H35N5O7/c1-10(2)9-13(24-18(29)16(22)11(3)26)17(28)23-12(6-7-15(21)27)19(30)25-8-4-5-14(25)20(31)32/h10-14,16,26H,4-9,22H2,1-3H3,(H2,21,27)(H,23,28)(H,24,29)(H,31,32). The third-order valence-corrected chi connectivity index (χ3v) is 5.28. The van der Waals surface area contributed by atoms with E-state index in [0.717, 1.165) is 0 Å². The van der Waals surface area contributed by atoms with Crippen LogP contribution in [0.4, 0.5) is 0 Å². The molecule has 0 saturated carbocycles. The molecule has 4 amide bonds. The van der Waals surface area contributed by atoms with Crippen molar-refractivity contribution in [2.75, 3.05) is 6.54 Å². The molecule has 0 radical (unpaired) electrons. The molecule has 1 aliphatic heterocycles. The van der Waals surface area contributed by atoms with Crippen LogP contribution in [0.25, 0.3) is 0 Å². The molecule has 182 valence electrons. The van der Waals surface area contributed by atoms with Crippen LogP contribution in [0, 0.1) is 5.92 Å². The molecule has 1 heterocycles. The summed E-state index contributed by atoms with van der Waals surface area (Å²) < 4.78 is 0. The van der Waals surface area contributed by atoms with Crippen molar-refractivity contribution in [2.45, 2.75) is 83.1 Å². The van der Waals surface area contributed by atoms with Crippen molar-refractivity contribution in [2.24, 2.45) is 17.4 Å². The minimum atomic E-state index is -1.24. The van der Waals surface area contributed by atoms with Crippen molar-refractivity contribution < 1.29 is 34.2 Å². The zero-order valence-corrected chi connectivity index (χ0v) is 18.7. The number of carbonyl (C=O) groups is 5. The fourth-order valence-corrected chi connectivity index (χ4v) is 3.49. The number of aliphatic carboxylic acids is 1. The van der Waals surface area contributed by atoms with Gasteiger partial charge in [0.1, 0.15) is 24.2 Å². The topological polar surface area (TPSA) is 205 Å². The molecular weight excluding hydrogens is 422 g/mol. The van der Waals surface area contributed by atoms with E-state index in [1.165, 1.54) is 11.8 Å². The van der Waals surface area contributed by atoms with Gasteiger partial charge in [0.15, 0.2) is 0 Å². The maximum atomic E-state index is 13.0. The largest absolute Gasteiger partial charge is 0.480 e. The highest BCUT2D eigenvalue weighted by Crippen LogP contribution is 2.20. The van der Waals surface area contributed by atoms with Gasteiger partial charge in [-0.1, -0.05) is 13.8 Å². The fourth-order valence-electron chi connectivity index (χ4n) is 3.49. The molecule has 1 rings (SSSR count). The van der Waals surface area contributed by atoms with Gasteiger partial charge in [-0.2, -0.15) is 0 Å². The number of nitrogens with zero attached hydrogens (tertiary/aromatic N) is 1. The molecule has 0 bridgehead atoms. The van der Waals surface area contributed by atoms with Gasteiger partial charge in [-0.05, 0) is 38.5 Å². The lowest BCUT2D eigenvalue weighted by atomic mass is 10.0. The van der Waals surface area contributed by atoms with Crippen LogP contribution in [-0.2, 0) is 24.0 Å². The van der Waals surface area contributed by atoms with E-state index in [-0.39, 0.29) is 31.7 Å². The summed E-state index contributed by atoms with van der Waals surface area (Å²) in [4.78, 5) is 62.2. The van der Waals surface area contributed by atoms with Crippen LogP contribution in [0.15, 0.2) is 0 Å². The fraction of sp³-hybridized carbons (Fsp3) is 0.750. The predicted molar refractivity (Wildman–Crippen MR) is 114 cm³/mol. The Kier molecular flexibility index (Phi) is 10.5. The van der Waals surface area contributed by atoms with Crippen molar-refractivity contribution >= 4 is 29.6 Å². The highest BCUT2D eigenvalue weighted by molar-refractivity contribution is 5.94. The zero-order valence-electron chi connectivity index (χ0n) is 18.7. The van der Waals surface area contributed by atoms with Crippen LogP contribution >= 0.6 is 0 Å². The van der Waals surface area contributed by atoms with E-state index in [1.54, 1.807) is 0 Å². The third kappa shape index (κ3) is 8.08. The van der Waals surface area contributed by atoms with Gasteiger partial charge in [0.2, 0.25) is 23.6 Å². The molecule has 5 atom stereocenters. The highest BCUT2D eigenvalue weighted by Gasteiger charge is 2.38. The second-order valence-electron chi connectivity index (χ2n) is 8.55. The quantitative estimate of drug-likeness (QED) is 0.194. The summed E-state index contributed by atoms with van der Waals surface area (Å²) in [5.41, 5.74) is 10.8. The summed E-state index contributed by atoms with van der Waals surface area (Å²) in [6, 6.07) is -4.49. The number of aliphatic hydroxyl groups excluding tert-OH is 1. The number of hydrogen-bond donors (Lipinski definition) is 6. The molecular formula is C20H35N5O7. The van der Waals surface area contributed by atoms with Crippen molar-refractivity contribution in [1.29, 1.82) is 0 Å². The summed E-state index contributed by atoms with van der Waals surface area (Å²) in [6.45, 7) is 5.22. The van der Waals surface area contributed by atoms with E-state index in [9.17, 15) is 34.2 Å². The van der Waals surface area contributed by atoms with E-state index in [4.69, 9.17) is 11.5 Å².